The van der Waals surface area contributed by atoms with Crippen LogP contribution in [0.5, 0.6) is 0 Å². The summed E-state index contributed by atoms with van der Waals surface area (Å²) in [5.74, 6) is 1.80. The van der Waals surface area contributed by atoms with Crippen LogP contribution in [0.25, 0.3) is 111 Å². The van der Waals surface area contributed by atoms with E-state index in [1.165, 1.54) is 5.39 Å². The molecule has 6 heteroatoms. The van der Waals surface area contributed by atoms with Crippen LogP contribution in [0.3, 0.4) is 0 Å². The van der Waals surface area contributed by atoms with E-state index in [-0.39, 0.29) is 0 Å². The van der Waals surface area contributed by atoms with Crippen molar-refractivity contribution in [3.05, 3.63) is 188 Å². The molecule has 12 aromatic rings. The maximum Gasteiger partial charge on any atom is 0.238 e. The van der Waals surface area contributed by atoms with Crippen molar-refractivity contribution in [3.63, 3.8) is 0 Å². The van der Waals surface area contributed by atoms with Crippen molar-refractivity contribution < 1.29 is 4.42 Å². The lowest BCUT2D eigenvalue weighted by Gasteiger charge is -2.13. The van der Waals surface area contributed by atoms with Gasteiger partial charge in [-0.3, -0.25) is 4.57 Å². The predicted molar refractivity (Wildman–Crippen MR) is 232 cm³/mol. The molecule has 0 aliphatic carbocycles. The monoisotopic (exact) mass is 729 g/mol. The Hall–Kier alpha value is -7.83. The molecule has 0 aliphatic rings. The van der Waals surface area contributed by atoms with Crippen molar-refractivity contribution in [1.29, 1.82) is 0 Å². The van der Waals surface area contributed by atoms with E-state index in [4.69, 9.17) is 19.4 Å². The quantitative estimate of drug-likeness (QED) is 0.177. The highest BCUT2D eigenvalue weighted by atomic mass is 16.3. The van der Waals surface area contributed by atoms with Gasteiger partial charge >= 0.3 is 0 Å². The third-order valence-electron chi connectivity index (χ3n) is 11.2. The minimum Gasteiger partial charge on any atom is -0.455 e. The topological polar surface area (TPSA) is 61.7 Å². The molecule has 0 saturated carbocycles. The third-order valence-corrected chi connectivity index (χ3v) is 11.2. The van der Waals surface area contributed by atoms with E-state index in [0.29, 0.717) is 17.6 Å². The Balaban J connectivity index is 1.14. The highest BCUT2D eigenvalue weighted by Gasteiger charge is 2.23. The average molecular weight is 730 g/mol. The summed E-state index contributed by atoms with van der Waals surface area (Å²) in [7, 11) is 0. The van der Waals surface area contributed by atoms with Gasteiger partial charge in [0.25, 0.3) is 0 Å². The maximum absolute atomic E-state index is 6.44. The molecule has 0 aliphatic heterocycles. The molecule has 8 aromatic carbocycles. The molecular formula is C51H31N5O. The van der Waals surface area contributed by atoms with Crippen LogP contribution in [0.4, 0.5) is 0 Å². The Morgan fingerprint density at radius 1 is 0.351 bits per heavy atom. The number of rotatable bonds is 5. The normalized spacial score (nSPS) is 11.9. The molecule has 0 bridgehead atoms. The van der Waals surface area contributed by atoms with E-state index in [0.717, 1.165) is 88.1 Å². The molecule has 0 N–H and O–H groups in total. The lowest BCUT2D eigenvalue weighted by atomic mass is 10.0. The van der Waals surface area contributed by atoms with E-state index >= 15 is 0 Å². The van der Waals surface area contributed by atoms with E-state index in [9.17, 15) is 0 Å². The predicted octanol–water partition coefficient (Wildman–Crippen LogP) is 13.0. The lowest BCUT2D eigenvalue weighted by Crippen LogP contribution is -2.07. The molecule has 4 heterocycles. The Morgan fingerprint density at radius 3 is 1.53 bits per heavy atom. The largest absolute Gasteiger partial charge is 0.455 e. The molecule has 0 fully saturated rings. The summed E-state index contributed by atoms with van der Waals surface area (Å²) in [4.78, 5) is 15.5. The Labute approximate surface area is 326 Å². The van der Waals surface area contributed by atoms with Crippen molar-refractivity contribution in [2.45, 2.75) is 0 Å². The number of para-hydroxylation sites is 4. The van der Waals surface area contributed by atoms with E-state index < -0.39 is 0 Å². The molecule has 6 nitrogen and oxygen atoms in total. The van der Waals surface area contributed by atoms with Gasteiger partial charge in [-0.05, 0) is 35.9 Å². The van der Waals surface area contributed by atoms with E-state index in [1.54, 1.807) is 0 Å². The molecule has 12 rings (SSSR count). The fourth-order valence-electron chi connectivity index (χ4n) is 8.64. The first kappa shape index (κ1) is 31.5. The van der Waals surface area contributed by atoms with Crippen LogP contribution in [-0.4, -0.2) is 24.1 Å². The standard InChI is InChI=1S/C51H31N5O/c1-3-14-33(15-4-1)49-52-50(34-16-5-2-6-17-34)54-51(53-49)56-44-24-11-8-19-38(44)41-31-30-40-37-18-7-10-23-43(37)55(46(40)47(41)56)35-28-26-32(27-29-35)36-21-13-22-42-39-20-9-12-25-45(39)57-48(36)42/h1-31H. The molecule has 0 unspecified atom stereocenters. The second kappa shape index (κ2) is 12.3. The first-order valence-electron chi connectivity index (χ1n) is 19.1. The van der Waals surface area contributed by atoms with Crippen molar-refractivity contribution in [2.24, 2.45) is 0 Å². The summed E-state index contributed by atoms with van der Waals surface area (Å²) in [6.45, 7) is 0. The summed E-state index contributed by atoms with van der Waals surface area (Å²) in [5, 5.41) is 6.82. The van der Waals surface area contributed by atoms with Gasteiger partial charge in [-0.25, -0.2) is 4.98 Å². The summed E-state index contributed by atoms with van der Waals surface area (Å²) >= 11 is 0. The molecule has 0 atom stereocenters. The average Bonchev–Trinajstić information content (AvgIpc) is 3.95. The van der Waals surface area contributed by atoms with Gasteiger partial charge in [0, 0.05) is 54.7 Å². The molecule has 57 heavy (non-hydrogen) atoms. The van der Waals surface area contributed by atoms with Gasteiger partial charge in [0.05, 0.1) is 22.1 Å². The molecule has 0 saturated heterocycles. The first-order valence-corrected chi connectivity index (χ1v) is 19.1. The number of furan rings is 1. The molecule has 0 radical (unpaired) electrons. The number of nitrogens with zero attached hydrogens (tertiary/aromatic N) is 5. The van der Waals surface area contributed by atoms with Crippen LogP contribution in [0.15, 0.2) is 192 Å². The Bertz CT molecular complexity index is 3450. The van der Waals surface area contributed by atoms with Crippen LogP contribution in [0, 0.1) is 0 Å². The van der Waals surface area contributed by atoms with Gasteiger partial charge in [0.15, 0.2) is 11.6 Å². The summed E-state index contributed by atoms with van der Waals surface area (Å²) in [6.07, 6.45) is 0. The minimum atomic E-state index is 0.562. The summed E-state index contributed by atoms with van der Waals surface area (Å²) in [5.41, 5.74) is 11.1. The summed E-state index contributed by atoms with van der Waals surface area (Å²) < 4.78 is 11.1. The van der Waals surface area contributed by atoms with Gasteiger partial charge < -0.3 is 8.98 Å². The maximum atomic E-state index is 6.44. The number of hydrogen-bond acceptors (Lipinski definition) is 4. The number of benzene rings is 8. The minimum absolute atomic E-state index is 0.562. The fourth-order valence-corrected chi connectivity index (χ4v) is 8.64. The Morgan fingerprint density at radius 2 is 0.877 bits per heavy atom. The molecule has 0 spiro atoms. The highest BCUT2D eigenvalue weighted by molar-refractivity contribution is 6.23. The molecule has 4 aromatic heterocycles. The van der Waals surface area contributed by atoms with Crippen LogP contribution in [0.1, 0.15) is 0 Å². The van der Waals surface area contributed by atoms with Crippen LogP contribution < -0.4 is 0 Å². The van der Waals surface area contributed by atoms with E-state index in [1.807, 2.05) is 72.8 Å². The fraction of sp³-hybridized carbons (Fsp3) is 0. The highest BCUT2D eigenvalue weighted by Crippen LogP contribution is 2.42. The molecule has 266 valence electrons. The van der Waals surface area contributed by atoms with Crippen LogP contribution >= 0.6 is 0 Å². The second-order valence-electron chi connectivity index (χ2n) is 14.4. The second-order valence-corrected chi connectivity index (χ2v) is 14.4. The Kier molecular flexibility index (Phi) is 6.83. The van der Waals surface area contributed by atoms with Crippen molar-refractivity contribution in [2.75, 3.05) is 0 Å². The van der Waals surface area contributed by atoms with Gasteiger partial charge in [-0.2, -0.15) is 9.97 Å². The molecular weight excluding hydrogens is 699 g/mol. The van der Waals surface area contributed by atoms with Gasteiger partial charge in [0.1, 0.15) is 11.2 Å². The smallest absolute Gasteiger partial charge is 0.238 e. The zero-order valence-corrected chi connectivity index (χ0v) is 30.5. The lowest BCUT2D eigenvalue weighted by molar-refractivity contribution is 0.670. The van der Waals surface area contributed by atoms with Crippen LogP contribution in [-0.2, 0) is 0 Å². The van der Waals surface area contributed by atoms with Gasteiger partial charge in [-0.15, -0.1) is 0 Å². The summed E-state index contributed by atoms with van der Waals surface area (Å²) in [6, 6.07) is 65.5. The zero-order valence-electron chi connectivity index (χ0n) is 30.5. The SMILES string of the molecule is c1ccc(-c2nc(-c3ccccc3)nc(-n3c4ccccc4c4ccc5c6ccccc6n(-c6ccc(-c7cccc8c7oc7ccccc78)cc6)c5c43)n2)cc1. The van der Waals surface area contributed by atoms with Gasteiger partial charge in [0.2, 0.25) is 5.95 Å². The first-order chi connectivity index (χ1) is 28.3. The van der Waals surface area contributed by atoms with Gasteiger partial charge in [-0.1, -0.05) is 158 Å². The molecule has 0 amide bonds. The zero-order chi connectivity index (χ0) is 37.5. The van der Waals surface area contributed by atoms with Crippen molar-refractivity contribution in [1.82, 2.24) is 24.1 Å². The van der Waals surface area contributed by atoms with E-state index in [2.05, 4.69) is 124 Å². The van der Waals surface area contributed by atoms with Crippen molar-refractivity contribution in [3.8, 4) is 45.5 Å². The van der Waals surface area contributed by atoms with Crippen molar-refractivity contribution >= 4 is 65.6 Å². The number of fused-ring (bicyclic) bond motifs is 10. The number of aromatic nitrogens is 5. The van der Waals surface area contributed by atoms with Crippen LogP contribution in [0.2, 0.25) is 0 Å². The number of hydrogen-bond donors (Lipinski definition) is 0. The third kappa shape index (κ3) is 4.81.